The highest BCUT2D eigenvalue weighted by Gasteiger charge is 2.19. The van der Waals surface area contributed by atoms with Crippen molar-refractivity contribution in [3.05, 3.63) is 83.9 Å². The van der Waals surface area contributed by atoms with E-state index in [-0.39, 0.29) is 22.8 Å². The summed E-state index contributed by atoms with van der Waals surface area (Å²) in [5.74, 6) is 0.228. The van der Waals surface area contributed by atoms with Crippen LogP contribution in [0.2, 0.25) is 0 Å². The zero-order valence-electron chi connectivity index (χ0n) is 18.8. The van der Waals surface area contributed by atoms with Gasteiger partial charge in [0.1, 0.15) is 5.75 Å². The van der Waals surface area contributed by atoms with Gasteiger partial charge in [-0.25, -0.2) is 0 Å². The fourth-order valence-electron chi connectivity index (χ4n) is 3.11. The fraction of sp³-hybridized carbons (Fsp3) is 0.192. The van der Waals surface area contributed by atoms with E-state index in [1.165, 1.54) is 18.7 Å². The Morgan fingerprint density at radius 2 is 1.61 bits per heavy atom. The number of amides is 2. The molecule has 0 saturated heterocycles. The molecule has 2 N–H and O–H groups in total. The summed E-state index contributed by atoms with van der Waals surface area (Å²) in [6.45, 7) is 3.45. The number of carbonyl (C=O) groups excluding carboxylic acids is 3. The second-order valence-corrected chi connectivity index (χ2v) is 8.63. The van der Waals surface area contributed by atoms with Crippen molar-refractivity contribution in [1.29, 1.82) is 0 Å². The largest absolute Gasteiger partial charge is 0.497 e. The smallest absolute Gasteiger partial charge is 0.255 e. The number of methoxy groups -OCH3 is 1. The number of anilines is 2. The van der Waals surface area contributed by atoms with Crippen molar-refractivity contribution in [3.8, 4) is 5.75 Å². The van der Waals surface area contributed by atoms with Gasteiger partial charge in [0.2, 0.25) is 5.91 Å². The van der Waals surface area contributed by atoms with Crippen LogP contribution in [-0.2, 0) is 4.79 Å². The van der Waals surface area contributed by atoms with Crippen LogP contribution in [-0.4, -0.2) is 30.0 Å². The molecule has 1 unspecified atom stereocenters. The second-order valence-electron chi connectivity index (χ2n) is 7.35. The first-order valence-electron chi connectivity index (χ1n) is 10.5. The van der Waals surface area contributed by atoms with E-state index < -0.39 is 0 Å². The van der Waals surface area contributed by atoms with Crippen LogP contribution in [0.3, 0.4) is 0 Å². The molecule has 170 valence electrons. The first-order chi connectivity index (χ1) is 15.9. The molecule has 1 atom stereocenters. The summed E-state index contributed by atoms with van der Waals surface area (Å²) in [6.07, 6.45) is 0.627. The molecule has 33 heavy (non-hydrogen) atoms. The third-order valence-corrected chi connectivity index (χ3v) is 6.28. The number of Topliss-reactive ketones (excluding diaryl/α,β-unsaturated/α-hetero) is 1. The van der Waals surface area contributed by atoms with Crippen molar-refractivity contribution in [3.63, 3.8) is 0 Å². The highest BCUT2D eigenvalue weighted by Crippen LogP contribution is 2.29. The van der Waals surface area contributed by atoms with Crippen LogP contribution in [0.25, 0.3) is 0 Å². The molecule has 0 aliphatic heterocycles. The summed E-state index contributed by atoms with van der Waals surface area (Å²) < 4.78 is 5.18. The van der Waals surface area contributed by atoms with Gasteiger partial charge < -0.3 is 15.4 Å². The minimum absolute atomic E-state index is 0.0201. The van der Waals surface area contributed by atoms with E-state index >= 15 is 0 Å². The molecule has 0 aliphatic carbocycles. The number of hydrogen-bond donors (Lipinski definition) is 2. The summed E-state index contributed by atoms with van der Waals surface area (Å²) in [5, 5.41) is 5.48. The normalized spacial score (nSPS) is 11.4. The van der Waals surface area contributed by atoms with Crippen LogP contribution in [0.5, 0.6) is 5.75 Å². The van der Waals surface area contributed by atoms with Crippen LogP contribution in [0, 0.1) is 0 Å². The number of ether oxygens (including phenoxy) is 1. The zero-order valence-corrected chi connectivity index (χ0v) is 19.6. The minimum atomic E-state index is -0.318. The van der Waals surface area contributed by atoms with Gasteiger partial charge in [-0.1, -0.05) is 19.1 Å². The molecule has 7 heteroatoms. The molecule has 0 spiro atoms. The molecular formula is C26H26N2O4S. The van der Waals surface area contributed by atoms with Crippen molar-refractivity contribution in [2.45, 2.75) is 30.4 Å². The Morgan fingerprint density at radius 3 is 2.27 bits per heavy atom. The number of nitrogens with one attached hydrogen (secondary N) is 2. The Morgan fingerprint density at radius 1 is 0.879 bits per heavy atom. The number of rotatable bonds is 9. The van der Waals surface area contributed by atoms with E-state index in [0.717, 1.165) is 4.90 Å². The van der Waals surface area contributed by atoms with Crippen molar-refractivity contribution in [2.75, 3.05) is 17.7 Å². The average molecular weight is 463 g/mol. The standard InChI is InChI=1S/C26H26N2O4S/c1-4-24(26(31)27-20-13-11-18(12-14-20)17(2)29)33-23-10-6-8-21(16-23)28-25(30)19-7-5-9-22(15-19)32-3/h5-16,24H,4H2,1-3H3,(H,27,31)(H,28,30). The Kier molecular flexibility index (Phi) is 8.27. The van der Waals surface area contributed by atoms with Crippen molar-refractivity contribution in [2.24, 2.45) is 0 Å². The fourth-order valence-corrected chi connectivity index (χ4v) is 4.13. The van der Waals surface area contributed by atoms with Crippen molar-refractivity contribution >= 4 is 40.7 Å². The van der Waals surface area contributed by atoms with E-state index in [4.69, 9.17) is 4.74 Å². The Balaban J connectivity index is 1.65. The molecule has 3 aromatic rings. The highest BCUT2D eigenvalue weighted by molar-refractivity contribution is 8.00. The van der Waals surface area contributed by atoms with Gasteiger partial charge in [0.05, 0.1) is 12.4 Å². The second kappa shape index (κ2) is 11.3. The van der Waals surface area contributed by atoms with Gasteiger partial charge in [-0.3, -0.25) is 14.4 Å². The lowest BCUT2D eigenvalue weighted by Gasteiger charge is -2.16. The topological polar surface area (TPSA) is 84.5 Å². The lowest BCUT2D eigenvalue weighted by Crippen LogP contribution is -2.24. The van der Waals surface area contributed by atoms with Crippen LogP contribution < -0.4 is 15.4 Å². The van der Waals surface area contributed by atoms with Crippen LogP contribution in [0.1, 0.15) is 41.0 Å². The molecule has 3 rings (SSSR count). The van der Waals surface area contributed by atoms with Gasteiger partial charge in [-0.05, 0) is 74.0 Å². The van der Waals surface area contributed by atoms with E-state index in [2.05, 4.69) is 10.6 Å². The lowest BCUT2D eigenvalue weighted by atomic mass is 10.1. The summed E-state index contributed by atoms with van der Waals surface area (Å²) in [4.78, 5) is 37.7. The first-order valence-corrected chi connectivity index (χ1v) is 11.4. The first kappa shape index (κ1) is 24.1. The molecule has 0 bridgehead atoms. The molecule has 0 heterocycles. The van der Waals surface area contributed by atoms with Crippen molar-refractivity contribution in [1.82, 2.24) is 0 Å². The van der Waals surface area contributed by atoms with E-state index in [1.807, 2.05) is 25.1 Å². The molecule has 0 radical (unpaired) electrons. The zero-order chi connectivity index (χ0) is 23.8. The number of thioether (sulfide) groups is 1. The lowest BCUT2D eigenvalue weighted by molar-refractivity contribution is -0.115. The van der Waals surface area contributed by atoms with Crippen LogP contribution in [0.15, 0.2) is 77.7 Å². The quantitative estimate of drug-likeness (QED) is 0.317. The molecule has 2 amide bonds. The third-order valence-electron chi connectivity index (χ3n) is 4.92. The Hall–Kier alpha value is -3.58. The van der Waals surface area contributed by atoms with Crippen LogP contribution in [0.4, 0.5) is 11.4 Å². The highest BCUT2D eigenvalue weighted by atomic mass is 32.2. The van der Waals surface area contributed by atoms with E-state index in [1.54, 1.807) is 61.7 Å². The van der Waals surface area contributed by atoms with Gasteiger partial charge in [0.25, 0.3) is 5.91 Å². The van der Waals surface area contributed by atoms with Gasteiger partial charge in [-0.15, -0.1) is 11.8 Å². The maximum Gasteiger partial charge on any atom is 0.255 e. The molecular weight excluding hydrogens is 436 g/mol. The number of hydrogen-bond acceptors (Lipinski definition) is 5. The number of benzene rings is 3. The average Bonchev–Trinajstić information content (AvgIpc) is 2.83. The molecule has 3 aromatic carbocycles. The summed E-state index contributed by atoms with van der Waals surface area (Å²) >= 11 is 1.43. The van der Waals surface area contributed by atoms with Crippen LogP contribution >= 0.6 is 11.8 Å². The van der Waals surface area contributed by atoms with Gasteiger partial charge >= 0.3 is 0 Å². The molecule has 0 saturated carbocycles. The number of carbonyl (C=O) groups is 3. The van der Waals surface area contributed by atoms with Gasteiger partial charge in [-0.2, -0.15) is 0 Å². The SMILES string of the molecule is CCC(Sc1cccc(NC(=O)c2cccc(OC)c2)c1)C(=O)Nc1ccc(C(C)=O)cc1. The summed E-state index contributed by atoms with van der Waals surface area (Å²) in [6, 6.07) is 21.2. The number of ketones is 1. The van der Waals surface area contributed by atoms with Gasteiger partial charge in [0.15, 0.2) is 5.78 Å². The maximum absolute atomic E-state index is 12.8. The minimum Gasteiger partial charge on any atom is -0.497 e. The Bertz CT molecular complexity index is 1150. The molecule has 0 fully saturated rings. The van der Waals surface area contributed by atoms with E-state index in [0.29, 0.717) is 34.7 Å². The maximum atomic E-state index is 12.8. The van der Waals surface area contributed by atoms with E-state index in [9.17, 15) is 14.4 Å². The Labute approximate surface area is 197 Å². The summed E-state index contributed by atoms with van der Waals surface area (Å²) in [5.41, 5.74) is 2.38. The molecule has 6 nitrogen and oxygen atoms in total. The van der Waals surface area contributed by atoms with Crippen molar-refractivity contribution < 1.29 is 19.1 Å². The predicted octanol–water partition coefficient (Wildman–Crippen LogP) is 5.66. The molecule has 0 aromatic heterocycles. The molecule has 0 aliphatic rings. The predicted molar refractivity (Wildman–Crippen MR) is 132 cm³/mol. The van der Waals surface area contributed by atoms with Gasteiger partial charge in [0, 0.05) is 27.4 Å². The summed E-state index contributed by atoms with van der Waals surface area (Å²) in [7, 11) is 1.55. The monoisotopic (exact) mass is 462 g/mol. The third kappa shape index (κ3) is 6.70.